The second kappa shape index (κ2) is 15.2. The number of hydrogen-bond donors (Lipinski definition) is 2. The Morgan fingerprint density at radius 1 is 0.744 bits per heavy atom. The molecule has 234 valence electrons. The molecule has 2 aromatic carbocycles. The van der Waals surface area contributed by atoms with Gasteiger partial charge in [0, 0.05) is 49.7 Å². The number of likely N-dealkylation sites (tertiary alicyclic amines) is 3. The summed E-state index contributed by atoms with van der Waals surface area (Å²) >= 11 is 12.8. The van der Waals surface area contributed by atoms with E-state index < -0.39 is 0 Å². The number of amides is 2. The number of piperidine rings is 3. The summed E-state index contributed by atoms with van der Waals surface area (Å²) in [7, 11) is 0. The first-order chi connectivity index (χ1) is 20.7. The number of carbonyl (C=O) groups is 2. The van der Waals surface area contributed by atoms with Gasteiger partial charge in [0.25, 0.3) is 0 Å². The molecule has 9 heteroatoms. The Hall–Kier alpha value is -2.16. The Bertz CT molecular complexity index is 1230. The smallest absolute Gasteiger partial charge is 0.236 e. The van der Waals surface area contributed by atoms with E-state index in [2.05, 4.69) is 33.3 Å². The van der Waals surface area contributed by atoms with Crippen LogP contribution in [0.15, 0.2) is 36.4 Å². The summed E-state index contributed by atoms with van der Waals surface area (Å²) in [5.74, 6) is 2.16. The number of benzene rings is 2. The molecule has 2 aromatic rings. The fourth-order valence-corrected chi connectivity index (χ4v) is 7.84. The average molecular weight is 629 g/mol. The summed E-state index contributed by atoms with van der Waals surface area (Å²) in [5.41, 5.74) is 10.4. The van der Waals surface area contributed by atoms with Gasteiger partial charge in [0.05, 0.1) is 6.54 Å². The largest absolute Gasteiger partial charge is 0.356 e. The maximum Gasteiger partial charge on any atom is 0.236 e. The second-order valence-electron chi connectivity index (χ2n) is 12.9. The van der Waals surface area contributed by atoms with Gasteiger partial charge in [0.1, 0.15) is 0 Å². The van der Waals surface area contributed by atoms with Gasteiger partial charge in [-0.05, 0) is 135 Å². The predicted molar refractivity (Wildman–Crippen MR) is 175 cm³/mol. The van der Waals surface area contributed by atoms with Crippen molar-refractivity contribution in [3.8, 4) is 11.1 Å². The van der Waals surface area contributed by atoms with E-state index >= 15 is 0 Å². The van der Waals surface area contributed by atoms with E-state index in [4.69, 9.17) is 28.9 Å². The van der Waals surface area contributed by atoms with Crippen LogP contribution in [0.25, 0.3) is 11.1 Å². The third-order valence-electron chi connectivity index (χ3n) is 9.77. The van der Waals surface area contributed by atoms with Crippen molar-refractivity contribution in [1.29, 1.82) is 0 Å². The summed E-state index contributed by atoms with van der Waals surface area (Å²) in [6.07, 6.45) is 6.86. The zero-order valence-electron chi connectivity index (χ0n) is 25.5. The van der Waals surface area contributed by atoms with E-state index in [9.17, 15) is 9.59 Å². The first kappa shape index (κ1) is 32.2. The summed E-state index contributed by atoms with van der Waals surface area (Å²) < 4.78 is 0. The molecule has 7 nitrogen and oxygen atoms in total. The van der Waals surface area contributed by atoms with Crippen LogP contribution in [0.1, 0.15) is 56.6 Å². The van der Waals surface area contributed by atoms with Crippen LogP contribution in [0, 0.1) is 17.8 Å². The number of nitrogens with zero attached hydrogens (tertiary/aromatic N) is 3. The Balaban J connectivity index is 1.22. The zero-order chi connectivity index (χ0) is 30.3. The summed E-state index contributed by atoms with van der Waals surface area (Å²) in [6, 6.07) is 12.8. The van der Waals surface area contributed by atoms with Crippen LogP contribution in [0.2, 0.25) is 10.0 Å². The third-order valence-corrected chi connectivity index (χ3v) is 10.2. The van der Waals surface area contributed by atoms with Gasteiger partial charge in [-0.25, -0.2) is 0 Å². The zero-order valence-corrected chi connectivity index (χ0v) is 27.0. The molecule has 3 N–H and O–H groups in total. The SMILES string of the molecule is CC(=O)NCC1CCN(Cc2cc(CN3CCC(C4CCN(C(=O)CN)CC4)CC3)cc(-c3cc(Cl)cc(Cl)c3)c2)CC1. The van der Waals surface area contributed by atoms with Crippen LogP contribution in [0.5, 0.6) is 0 Å². The number of carbonyl (C=O) groups excluding carboxylic acids is 2. The van der Waals surface area contributed by atoms with Crippen molar-refractivity contribution >= 4 is 35.0 Å². The first-order valence-corrected chi connectivity index (χ1v) is 16.8. The highest BCUT2D eigenvalue weighted by atomic mass is 35.5. The van der Waals surface area contributed by atoms with Gasteiger partial charge in [-0.2, -0.15) is 0 Å². The van der Waals surface area contributed by atoms with Gasteiger partial charge >= 0.3 is 0 Å². The van der Waals surface area contributed by atoms with E-state index in [1.54, 1.807) is 13.0 Å². The maximum absolute atomic E-state index is 12.0. The molecule has 2 amide bonds. The standard InChI is InChI=1S/C34H47Cl2N5O2/c1-24(42)38-21-25-2-8-39(9-3-25)22-26-14-27(16-30(15-26)31-17-32(35)19-33(36)18-31)23-40-10-4-28(5-11-40)29-6-12-41(13-7-29)34(43)20-37/h14-19,25,28-29H,2-13,20-23,37H2,1H3,(H,38,42). The minimum absolute atomic E-state index is 0.0541. The molecule has 3 fully saturated rings. The summed E-state index contributed by atoms with van der Waals surface area (Å²) in [4.78, 5) is 30.4. The molecule has 0 aromatic heterocycles. The lowest BCUT2D eigenvalue weighted by molar-refractivity contribution is -0.131. The fourth-order valence-electron chi connectivity index (χ4n) is 7.32. The maximum atomic E-state index is 12.0. The topological polar surface area (TPSA) is 81.9 Å². The highest BCUT2D eigenvalue weighted by Crippen LogP contribution is 2.34. The Morgan fingerprint density at radius 3 is 1.74 bits per heavy atom. The Kier molecular flexibility index (Phi) is 11.4. The lowest BCUT2D eigenvalue weighted by Gasteiger charge is -2.40. The van der Waals surface area contributed by atoms with Gasteiger partial charge in [-0.1, -0.05) is 29.3 Å². The van der Waals surface area contributed by atoms with Crippen molar-refractivity contribution in [2.75, 3.05) is 52.4 Å². The van der Waals surface area contributed by atoms with Crippen LogP contribution in [-0.2, 0) is 22.7 Å². The molecule has 0 unspecified atom stereocenters. The molecule has 0 saturated carbocycles. The number of nitrogens with one attached hydrogen (secondary N) is 1. The van der Waals surface area contributed by atoms with Crippen LogP contribution < -0.4 is 11.1 Å². The van der Waals surface area contributed by atoms with Crippen LogP contribution in [0.4, 0.5) is 0 Å². The Morgan fingerprint density at radius 2 is 1.23 bits per heavy atom. The number of rotatable bonds is 9. The van der Waals surface area contributed by atoms with Crippen molar-refractivity contribution < 1.29 is 9.59 Å². The van der Waals surface area contributed by atoms with Crippen molar-refractivity contribution in [2.24, 2.45) is 23.5 Å². The molecular weight excluding hydrogens is 581 g/mol. The monoisotopic (exact) mass is 627 g/mol. The minimum Gasteiger partial charge on any atom is -0.356 e. The molecule has 0 spiro atoms. The summed E-state index contributed by atoms with van der Waals surface area (Å²) in [6.45, 7) is 10.4. The molecule has 3 saturated heterocycles. The number of halogens is 2. The van der Waals surface area contributed by atoms with Gasteiger partial charge in [0.15, 0.2) is 0 Å². The fraction of sp³-hybridized carbons (Fsp3) is 0.588. The van der Waals surface area contributed by atoms with Gasteiger partial charge in [0.2, 0.25) is 11.8 Å². The third kappa shape index (κ3) is 9.18. The lowest BCUT2D eigenvalue weighted by Crippen LogP contribution is -2.44. The molecule has 0 aliphatic carbocycles. The molecule has 0 bridgehead atoms. The normalized spacial score (nSPS) is 20.0. The molecule has 3 aliphatic heterocycles. The van der Waals surface area contributed by atoms with E-state index in [0.29, 0.717) is 21.9 Å². The highest BCUT2D eigenvalue weighted by molar-refractivity contribution is 6.35. The second-order valence-corrected chi connectivity index (χ2v) is 13.8. The van der Waals surface area contributed by atoms with E-state index in [0.717, 1.165) is 102 Å². The number of hydrogen-bond acceptors (Lipinski definition) is 5. The molecule has 0 radical (unpaired) electrons. The van der Waals surface area contributed by atoms with Crippen molar-refractivity contribution in [1.82, 2.24) is 20.0 Å². The molecule has 3 aliphatic rings. The van der Waals surface area contributed by atoms with E-state index in [1.165, 1.54) is 24.0 Å². The quantitative estimate of drug-likeness (QED) is 0.388. The molecule has 3 heterocycles. The Labute approximate surface area is 267 Å². The molecule has 5 rings (SSSR count). The lowest BCUT2D eigenvalue weighted by atomic mass is 9.78. The predicted octanol–water partition coefficient (Wildman–Crippen LogP) is 5.42. The van der Waals surface area contributed by atoms with Crippen molar-refractivity contribution in [3.63, 3.8) is 0 Å². The van der Waals surface area contributed by atoms with Gasteiger partial charge < -0.3 is 16.0 Å². The minimum atomic E-state index is 0.0541. The van der Waals surface area contributed by atoms with Crippen molar-refractivity contribution in [2.45, 2.75) is 58.5 Å². The average Bonchev–Trinajstić information content (AvgIpc) is 3.00. The molecular formula is C34H47Cl2N5O2. The molecule has 43 heavy (non-hydrogen) atoms. The van der Waals surface area contributed by atoms with E-state index in [1.807, 2.05) is 17.0 Å². The van der Waals surface area contributed by atoms with Crippen LogP contribution in [0.3, 0.4) is 0 Å². The summed E-state index contributed by atoms with van der Waals surface area (Å²) in [5, 5.41) is 4.29. The van der Waals surface area contributed by atoms with E-state index in [-0.39, 0.29) is 18.4 Å². The highest BCUT2D eigenvalue weighted by Gasteiger charge is 2.30. The van der Waals surface area contributed by atoms with Crippen LogP contribution >= 0.6 is 23.2 Å². The van der Waals surface area contributed by atoms with Gasteiger partial charge in [-0.15, -0.1) is 0 Å². The van der Waals surface area contributed by atoms with Crippen molar-refractivity contribution in [3.05, 3.63) is 57.6 Å². The van der Waals surface area contributed by atoms with Gasteiger partial charge in [-0.3, -0.25) is 19.4 Å². The van der Waals surface area contributed by atoms with Crippen LogP contribution in [-0.4, -0.2) is 78.9 Å². The number of nitrogens with two attached hydrogens (primary N) is 1. The molecule has 0 atom stereocenters. The first-order valence-electron chi connectivity index (χ1n) is 16.0.